The molecule has 3 N–H and O–H groups in total. The van der Waals surface area contributed by atoms with Gasteiger partial charge in [-0.1, -0.05) is 30.3 Å². The normalized spacial score (nSPS) is 10.7. The molecule has 1 heterocycles. The number of rotatable bonds is 4. The molecule has 1 amide bonds. The Morgan fingerprint density at radius 1 is 1.21 bits per heavy atom. The van der Waals surface area contributed by atoms with E-state index in [0.29, 0.717) is 0 Å². The highest BCUT2D eigenvalue weighted by Gasteiger charge is 2.23. The largest absolute Gasteiger partial charge is 0.383 e. The summed E-state index contributed by atoms with van der Waals surface area (Å²) < 4.78 is 14.7. The van der Waals surface area contributed by atoms with Gasteiger partial charge in [-0.05, 0) is 39.7 Å². The summed E-state index contributed by atoms with van der Waals surface area (Å²) >= 11 is 3.14. The van der Waals surface area contributed by atoms with Crippen molar-refractivity contribution in [1.29, 1.82) is 0 Å². The lowest BCUT2D eigenvalue weighted by molar-refractivity contribution is 0.0992. The monoisotopic (exact) mass is 446 g/mol. The molecule has 3 rings (SSSR count). The Morgan fingerprint density at radius 2 is 1.89 bits per heavy atom. The summed E-state index contributed by atoms with van der Waals surface area (Å²) in [5.74, 6) is -1.25. The quantitative estimate of drug-likeness (QED) is 0.641. The van der Waals surface area contributed by atoms with Crippen LogP contribution in [0.1, 0.15) is 15.9 Å². The van der Waals surface area contributed by atoms with Crippen LogP contribution >= 0.6 is 15.9 Å². The fourth-order valence-corrected chi connectivity index (χ4v) is 3.29. The summed E-state index contributed by atoms with van der Waals surface area (Å²) in [5, 5.41) is 0. The van der Waals surface area contributed by atoms with Gasteiger partial charge in [0, 0.05) is 11.5 Å². The van der Waals surface area contributed by atoms with Gasteiger partial charge < -0.3 is 10.6 Å². The van der Waals surface area contributed by atoms with Crippen molar-refractivity contribution in [2.24, 2.45) is 0 Å². The van der Waals surface area contributed by atoms with Gasteiger partial charge in [-0.25, -0.2) is 9.18 Å². The number of anilines is 2. The highest BCUT2D eigenvalue weighted by molar-refractivity contribution is 9.10. The minimum Gasteiger partial charge on any atom is -0.383 e. The van der Waals surface area contributed by atoms with Crippen LogP contribution in [0.2, 0.25) is 0 Å². The maximum absolute atomic E-state index is 13.3. The fourth-order valence-electron chi connectivity index (χ4n) is 2.77. The van der Waals surface area contributed by atoms with Crippen molar-refractivity contribution >= 4 is 33.3 Å². The van der Waals surface area contributed by atoms with Gasteiger partial charge in [-0.2, -0.15) is 0 Å². The maximum atomic E-state index is 13.3. The van der Waals surface area contributed by atoms with E-state index >= 15 is 0 Å². The van der Waals surface area contributed by atoms with Crippen molar-refractivity contribution in [1.82, 2.24) is 9.55 Å². The van der Waals surface area contributed by atoms with Gasteiger partial charge in [-0.15, -0.1) is 0 Å². The second kappa shape index (κ2) is 7.81. The van der Waals surface area contributed by atoms with Crippen LogP contribution in [0.15, 0.2) is 62.6 Å². The number of carbonyl (C=O) groups is 1. The number of hydrogen-bond donors (Lipinski definition) is 2. The molecular formula is C19H16BrFN4O3. The van der Waals surface area contributed by atoms with Crippen molar-refractivity contribution in [2.45, 2.75) is 6.54 Å². The number of aromatic nitrogens is 2. The van der Waals surface area contributed by atoms with Gasteiger partial charge in [-0.3, -0.25) is 19.1 Å². The first-order valence-corrected chi connectivity index (χ1v) is 8.98. The molecule has 0 spiro atoms. The average molecular weight is 447 g/mol. The Kier molecular flexibility index (Phi) is 5.46. The highest BCUT2D eigenvalue weighted by atomic mass is 79.9. The molecule has 0 saturated heterocycles. The number of amides is 1. The first kappa shape index (κ1) is 19.6. The van der Waals surface area contributed by atoms with Crippen LogP contribution < -0.4 is 21.9 Å². The van der Waals surface area contributed by atoms with Gasteiger partial charge in [0.25, 0.3) is 11.5 Å². The van der Waals surface area contributed by atoms with E-state index in [-0.39, 0.29) is 28.1 Å². The summed E-state index contributed by atoms with van der Waals surface area (Å²) in [5.41, 5.74) is 5.39. The Bertz CT molecular complexity index is 1160. The molecule has 0 saturated carbocycles. The Balaban J connectivity index is 2.06. The topological polar surface area (TPSA) is 101 Å². The maximum Gasteiger partial charge on any atom is 0.330 e. The number of nitrogens with zero attached hydrogens (tertiary/aromatic N) is 2. The molecule has 0 bridgehead atoms. The third-order valence-corrected chi connectivity index (χ3v) is 4.86. The smallest absolute Gasteiger partial charge is 0.330 e. The zero-order valence-electron chi connectivity index (χ0n) is 14.8. The Morgan fingerprint density at radius 3 is 2.54 bits per heavy atom. The second-order valence-electron chi connectivity index (χ2n) is 6.05. The summed E-state index contributed by atoms with van der Waals surface area (Å²) in [6, 6.07) is 12.6. The molecule has 7 nitrogen and oxygen atoms in total. The molecule has 0 aliphatic carbocycles. The van der Waals surface area contributed by atoms with Crippen LogP contribution in [0, 0.1) is 5.82 Å². The van der Waals surface area contributed by atoms with Crippen LogP contribution in [0.4, 0.5) is 15.9 Å². The van der Waals surface area contributed by atoms with Gasteiger partial charge in [0.2, 0.25) is 0 Å². The summed E-state index contributed by atoms with van der Waals surface area (Å²) in [4.78, 5) is 40.6. The molecular weight excluding hydrogens is 431 g/mol. The van der Waals surface area contributed by atoms with E-state index in [9.17, 15) is 18.8 Å². The van der Waals surface area contributed by atoms with E-state index in [0.717, 1.165) is 22.6 Å². The number of halogens is 2. The predicted molar refractivity (Wildman–Crippen MR) is 108 cm³/mol. The molecule has 0 aliphatic heterocycles. The third kappa shape index (κ3) is 3.74. The van der Waals surface area contributed by atoms with E-state index in [1.54, 1.807) is 12.1 Å². The predicted octanol–water partition coefficient (Wildman–Crippen LogP) is 2.35. The van der Waals surface area contributed by atoms with Gasteiger partial charge in [0.1, 0.15) is 11.6 Å². The lowest BCUT2D eigenvalue weighted by Crippen LogP contribution is -2.39. The van der Waals surface area contributed by atoms with Crippen molar-refractivity contribution in [3.05, 3.63) is 90.8 Å². The van der Waals surface area contributed by atoms with Crippen LogP contribution in [0.3, 0.4) is 0 Å². The molecule has 28 heavy (non-hydrogen) atoms. The van der Waals surface area contributed by atoms with Crippen molar-refractivity contribution in [3.8, 4) is 0 Å². The fraction of sp³-hybridized carbons (Fsp3) is 0.105. The van der Waals surface area contributed by atoms with E-state index in [1.807, 2.05) is 18.2 Å². The molecule has 144 valence electrons. The standard InChI is InChI=1S/C19H16BrFN4O3/c1-24(18(27)13-8-7-12(21)9-14(13)20)15-16(22)25(19(28)23-17(15)26)10-11-5-3-2-4-6-11/h2-9H,10,22H2,1H3,(H,23,26,28). The van der Waals surface area contributed by atoms with Crippen molar-refractivity contribution < 1.29 is 9.18 Å². The average Bonchev–Trinajstić information content (AvgIpc) is 2.65. The number of carbonyl (C=O) groups excluding carboxylic acids is 1. The molecule has 0 aliphatic rings. The van der Waals surface area contributed by atoms with Crippen LogP contribution in [0.25, 0.3) is 0 Å². The molecule has 0 fully saturated rings. The molecule has 0 unspecified atom stereocenters. The zero-order valence-corrected chi connectivity index (χ0v) is 16.4. The van der Waals surface area contributed by atoms with E-state index in [2.05, 4.69) is 20.9 Å². The molecule has 9 heteroatoms. The van der Waals surface area contributed by atoms with Gasteiger partial charge in [0.15, 0.2) is 5.69 Å². The van der Waals surface area contributed by atoms with Crippen LogP contribution in [-0.2, 0) is 6.54 Å². The minimum atomic E-state index is -0.791. The number of nitrogens with one attached hydrogen (secondary N) is 1. The molecule has 3 aromatic rings. The van der Waals surface area contributed by atoms with Crippen LogP contribution in [0.5, 0.6) is 0 Å². The first-order chi connectivity index (χ1) is 13.3. The number of benzene rings is 2. The lowest BCUT2D eigenvalue weighted by atomic mass is 10.2. The first-order valence-electron chi connectivity index (χ1n) is 8.19. The minimum absolute atomic E-state index is 0.123. The van der Waals surface area contributed by atoms with E-state index in [4.69, 9.17) is 5.73 Å². The zero-order chi connectivity index (χ0) is 20.4. The van der Waals surface area contributed by atoms with Crippen molar-refractivity contribution in [2.75, 3.05) is 17.7 Å². The summed E-state index contributed by atoms with van der Waals surface area (Å²) in [7, 11) is 1.36. The Hall–Kier alpha value is -3.20. The number of nitrogens with two attached hydrogens (primary N) is 1. The molecule has 0 radical (unpaired) electrons. The SMILES string of the molecule is CN(C(=O)c1ccc(F)cc1Br)c1c(N)n(Cc2ccccc2)c(=O)[nH]c1=O. The number of aromatic amines is 1. The number of H-pyrrole nitrogens is 1. The second-order valence-corrected chi connectivity index (χ2v) is 6.91. The van der Waals surface area contributed by atoms with Crippen LogP contribution in [-0.4, -0.2) is 22.5 Å². The molecule has 0 atom stereocenters. The van der Waals surface area contributed by atoms with Gasteiger partial charge in [0.05, 0.1) is 12.1 Å². The van der Waals surface area contributed by atoms with Gasteiger partial charge >= 0.3 is 5.69 Å². The highest BCUT2D eigenvalue weighted by Crippen LogP contribution is 2.23. The Labute approximate surface area is 167 Å². The third-order valence-electron chi connectivity index (χ3n) is 4.20. The molecule has 1 aromatic heterocycles. The number of hydrogen-bond acceptors (Lipinski definition) is 4. The summed E-state index contributed by atoms with van der Waals surface area (Å²) in [6.45, 7) is 0.123. The van der Waals surface area contributed by atoms with E-state index in [1.165, 1.54) is 17.7 Å². The van der Waals surface area contributed by atoms with E-state index < -0.39 is 23.0 Å². The van der Waals surface area contributed by atoms with Crippen molar-refractivity contribution in [3.63, 3.8) is 0 Å². The lowest BCUT2D eigenvalue weighted by Gasteiger charge is -2.21. The summed E-state index contributed by atoms with van der Waals surface area (Å²) in [6.07, 6.45) is 0. The number of nitrogen functional groups attached to an aromatic ring is 1. The molecule has 2 aromatic carbocycles.